The summed E-state index contributed by atoms with van der Waals surface area (Å²) in [5.74, 6) is -2.43. The largest absolute Gasteiger partial charge is 0.504 e. The molecule has 6 atom stereocenters. The lowest BCUT2D eigenvalue weighted by atomic mass is 9.50. The van der Waals surface area contributed by atoms with E-state index in [4.69, 9.17) is 9.47 Å². The highest BCUT2D eigenvalue weighted by atomic mass is 16.6. The lowest BCUT2D eigenvalue weighted by Gasteiger charge is -2.61. The molecule has 0 radical (unpaired) electrons. The summed E-state index contributed by atoms with van der Waals surface area (Å²) in [5, 5.41) is 43.5. The second-order valence-electron chi connectivity index (χ2n) is 10.2. The van der Waals surface area contributed by atoms with Crippen molar-refractivity contribution in [2.45, 2.75) is 74.3 Å². The van der Waals surface area contributed by atoms with Gasteiger partial charge < -0.3 is 40.1 Å². The summed E-state index contributed by atoms with van der Waals surface area (Å²) in [6.45, 7) is 1.90. The SMILES string of the molecule is C[C@H](O)C(=O)N[C@@H](CCC(=O)OC1=CC[C@@]2(O)[C@H]3Cc4ccc(O)c5c4C2(CCN3C)C1O5)C(=O)O. The van der Waals surface area contributed by atoms with Gasteiger partial charge in [0.25, 0.3) is 0 Å². The van der Waals surface area contributed by atoms with Crippen molar-refractivity contribution >= 4 is 17.8 Å². The number of rotatable bonds is 7. The summed E-state index contributed by atoms with van der Waals surface area (Å²) in [7, 11) is 1.97. The normalized spacial score (nSPS) is 31.4. The van der Waals surface area contributed by atoms with Gasteiger partial charge in [-0.2, -0.15) is 0 Å². The Hall–Kier alpha value is -3.15. The first-order valence-corrected chi connectivity index (χ1v) is 12.1. The van der Waals surface area contributed by atoms with Crippen molar-refractivity contribution < 1.29 is 44.3 Å². The van der Waals surface area contributed by atoms with Crippen LogP contribution in [0.4, 0.5) is 0 Å². The lowest BCUT2D eigenvalue weighted by Crippen LogP contribution is -2.74. The highest BCUT2D eigenvalue weighted by Crippen LogP contribution is 2.65. The van der Waals surface area contributed by atoms with Gasteiger partial charge in [-0.15, -0.1) is 0 Å². The number of benzene rings is 1. The fourth-order valence-electron chi connectivity index (χ4n) is 6.43. The predicted octanol–water partition coefficient (Wildman–Crippen LogP) is -0.0565. The van der Waals surface area contributed by atoms with E-state index in [1.54, 1.807) is 12.1 Å². The van der Waals surface area contributed by atoms with Crippen LogP contribution < -0.4 is 10.1 Å². The number of carboxylic acids is 1. The fourth-order valence-corrected chi connectivity index (χ4v) is 6.43. The molecule has 1 fully saturated rings. The number of hydrogen-bond acceptors (Lipinski definition) is 9. The summed E-state index contributed by atoms with van der Waals surface area (Å²) in [4.78, 5) is 38.1. The molecule has 1 aromatic rings. The average molecular weight is 503 g/mol. The van der Waals surface area contributed by atoms with E-state index < -0.39 is 47.1 Å². The molecule has 2 bridgehead atoms. The molecule has 5 rings (SSSR count). The molecule has 4 aliphatic rings. The van der Waals surface area contributed by atoms with E-state index in [1.165, 1.54) is 6.92 Å². The third-order valence-electron chi connectivity index (χ3n) is 8.22. The summed E-state index contributed by atoms with van der Waals surface area (Å²) in [5.41, 5.74) is -0.331. The Kier molecular flexibility index (Phi) is 5.77. The summed E-state index contributed by atoms with van der Waals surface area (Å²) in [6, 6.07) is 1.88. The Morgan fingerprint density at radius 3 is 2.78 bits per heavy atom. The van der Waals surface area contributed by atoms with E-state index in [0.29, 0.717) is 25.1 Å². The zero-order valence-corrected chi connectivity index (χ0v) is 20.1. The lowest BCUT2D eigenvalue weighted by molar-refractivity contribution is -0.169. The quantitative estimate of drug-likeness (QED) is 0.319. The van der Waals surface area contributed by atoms with Gasteiger partial charge in [0, 0.05) is 24.4 Å². The number of likely N-dealkylation sites (N-methyl/N-ethyl adjacent to an activating group) is 1. The number of carboxylic acid groups (broad SMARTS) is 1. The van der Waals surface area contributed by atoms with Gasteiger partial charge in [0.15, 0.2) is 17.6 Å². The van der Waals surface area contributed by atoms with E-state index >= 15 is 0 Å². The van der Waals surface area contributed by atoms with Gasteiger partial charge >= 0.3 is 11.9 Å². The van der Waals surface area contributed by atoms with Crippen LogP contribution in [0.15, 0.2) is 24.0 Å². The zero-order valence-electron chi connectivity index (χ0n) is 20.1. The molecule has 11 heteroatoms. The fraction of sp³-hybridized carbons (Fsp3) is 0.560. The molecular formula is C25H30N2O9. The number of phenolic OH excluding ortho intramolecular Hbond substituents is 1. The maximum absolute atomic E-state index is 12.8. The third kappa shape index (κ3) is 3.40. The first-order chi connectivity index (χ1) is 17.0. The highest BCUT2D eigenvalue weighted by molar-refractivity contribution is 5.86. The minimum Gasteiger partial charge on any atom is -0.504 e. The number of carbonyl (C=O) groups is 3. The minimum atomic E-state index is -1.39. The monoisotopic (exact) mass is 502 g/mol. The van der Waals surface area contributed by atoms with E-state index in [9.17, 15) is 34.8 Å². The summed E-state index contributed by atoms with van der Waals surface area (Å²) < 4.78 is 11.9. The Balaban J connectivity index is 1.39. The van der Waals surface area contributed by atoms with Crippen LogP contribution in [0.1, 0.15) is 43.7 Å². The van der Waals surface area contributed by atoms with Crippen LogP contribution >= 0.6 is 0 Å². The average Bonchev–Trinajstić information content (AvgIpc) is 3.18. The molecular weight excluding hydrogens is 472 g/mol. The number of nitrogens with zero attached hydrogens (tertiary/aromatic N) is 1. The number of phenols is 1. The molecule has 0 saturated carbocycles. The van der Waals surface area contributed by atoms with Crippen molar-refractivity contribution in [3.63, 3.8) is 0 Å². The number of aliphatic hydroxyl groups is 2. The standard InChI is InChI=1S/C25H30N2O9/c1-12(28)22(31)26-14(23(32)33)4-6-18(30)35-16-7-8-25(34)17-11-13-3-5-15(29)20-19(13)24(25,21(16)36-20)9-10-27(17)2/h3,5,7,12,14,17,21,28-29,34H,4,6,8-11H2,1-2H3,(H,26,31)(H,32,33)/t12-,14-,17+,21?,24?,25+/m0/s1. The third-order valence-corrected chi connectivity index (χ3v) is 8.22. The van der Waals surface area contributed by atoms with E-state index in [0.717, 1.165) is 11.1 Å². The van der Waals surface area contributed by atoms with Gasteiger partial charge in [0.1, 0.15) is 17.9 Å². The van der Waals surface area contributed by atoms with Crippen molar-refractivity contribution in [1.29, 1.82) is 0 Å². The minimum absolute atomic E-state index is 0.0407. The molecule has 1 spiro atoms. The maximum atomic E-state index is 12.8. The number of esters is 1. The Morgan fingerprint density at radius 2 is 2.08 bits per heavy atom. The van der Waals surface area contributed by atoms with E-state index in [1.807, 2.05) is 13.1 Å². The van der Waals surface area contributed by atoms with Gasteiger partial charge in [-0.3, -0.25) is 9.59 Å². The van der Waals surface area contributed by atoms with Crippen LogP contribution in [0.2, 0.25) is 0 Å². The molecule has 194 valence electrons. The van der Waals surface area contributed by atoms with Crippen molar-refractivity contribution in [2.75, 3.05) is 13.6 Å². The molecule has 1 saturated heterocycles. The van der Waals surface area contributed by atoms with Crippen LogP contribution in [0, 0.1) is 0 Å². The van der Waals surface area contributed by atoms with Gasteiger partial charge in [-0.25, -0.2) is 4.79 Å². The number of aromatic hydroxyl groups is 1. The number of aliphatic hydroxyl groups excluding tert-OH is 1. The van der Waals surface area contributed by atoms with Crippen molar-refractivity contribution in [3.05, 3.63) is 35.1 Å². The number of piperidine rings is 1. The van der Waals surface area contributed by atoms with Crippen molar-refractivity contribution in [3.8, 4) is 11.5 Å². The molecule has 1 aromatic carbocycles. The van der Waals surface area contributed by atoms with Gasteiger partial charge in [0.05, 0.1) is 11.0 Å². The van der Waals surface area contributed by atoms with Crippen LogP contribution in [0.5, 0.6) is 11.5 Å². The molecule has 2 aliphatic heterocycles. The summed E-state index contributed by atoms with van der Waals surface area (Å²) in [6.07, 6.45) is 0.235. The molecule has 2 unspecified atom stereocenters. The van der Waals surface area contributed by atoms with Gasteiger partial charge in [0.2, 0.25) is 5.91 Å². The number of hydrogen-bond donors (Lipinski definition) is 5. The molecule has 0 aromatic heterocycles. The van der Waals surface area contributed by atoms with E-state index in [-0.39, 0.29) is 36.8 Å². The molecule has 11 nitrogen and oxygen atoms in total. The molecule has 5 N–H and O–H groups in total. The number of amides is 1. The van der Waals surface area contributed by atoms with Crippen molar-refractivity contribution in [1.82, 2.24) is 10.2 Å². The number of nitrogens with one attached hydrogen (secondary N) is 1. The van der Waals surface area contributed by atoms with Crippen LogP contribution in [0.3, 0.4) is 0 Å². The van der Waals surface area contributed by atoms with Gasteiger partial charge in [-0.1, -0.05) is 6.07 Å². The smallest absolute Gasteiger partial charge is 0.326 e. The van der Waals surface area contributed by atoms with Gasteiger partial charge in [-0.05, 0) is 57.5 Å². The summed E-state index contributed by atoms with van der Waals surface area (Å²) >= 11 is 0. The number of likely N-dealkylation sites (tertiary alicyclic amines) is 1. The molecule has 2 heterocycles. The Bertz CT molecular complexity index is 1160. The number of ether oxygens (including phenoxy) is 2. The topological polar surface area (TPSA) is 166 Å². The molecule has 1 amide bonds. The van der Waals surface area contributed by atoms with E-state index in [2.05, 4.69) is 10.2 Å². The first-order valence-electron chi connectivity index (χ1n) is 12.1. The second-order valence-corrected chi connectivity index (χ2v) is 10.2. The zero-order chi connectivity index (χ0) is 26.0. The highest BCUT2D eigenvalue weighted by Gasteiger charge is 2.72. The first kappa shape index (κ1) is 24.5. The predicted molar refractivity (Wildman–Crippen MR) is 123 cm³/mol. The molecule has 2 aliphatic carbocycles. The van der Waals surface area contributed by atoms with Crippen LogP contribution in [-0.2, 0) is 31.0 Å². The molecule has 36 heavy (non-hydrogen) atoms. The Labute approximate surface area is 207 Å². The van der Waals surface area contributed by atoms with Crippen LogP contribution in [0.25, 0.3) is 0 Å². The Morgan fingerprint density at radius 1 is 1.33 bits per heavy atom. The van der Waals surface area contributed by atoms with Crippen LogP contribution in [-0.4, -0.2) is 86.7 Å². The number of aliphatic carboxylic acids is 1. The second kappa shape index (κ2) is 8.46. The maximum Gasteiger partial charge on any atom is 0.326 e. The number of carbonyl (C=O) groups excluding carboxylic acids is 2. The van der Waals surface area contributed by atoms with Crippen molar-refractivity contribution in [2.24, 2.45) is 0 Å².